The predicted octanol–water partition coefficient (Wildman–Crippen LogP) is 5.14. The number of hydrogen-bond acceptors (Lipinski definition) is 2. The lowest BCUT2D eigenvalue weighted by Crippen LogP contribution is -2.20. The highest BCUT2D eigenvalue weighted by atomic mass is 16.2. The molecule has 0 aliphatic carbocycles. The van der Waals surface area contributed by atoms with E-state index in [2.05, 4.69) is 10.5 Å². The van der Waals surface area contributed by atoms with Gasteiger partial charge in [-0.3, -0.25) is 4.79 Å². The monoisotopic (exact) mass is 354 g/mol. The first kappa shape index (κ1) is 18.3. The molecule has 3 nitrogen and oxygen atoms in total. The van der Waals surface area contributed by atoms with E-state index in [1.54, 1.807) is 0 Å². The van der Waals surface area contributed by atoms with Gasteiger partial charge in [-0.05, 0) is 34.9 Å². The minimum Gasteiger partial charge on any atom is -0.273 e. The van der Waals surface area contributed by atoms with E-state index in [1.807, 2.05) is 104 Å². The van der Waals surface area contributed by atoms with Gasteiger partial charge in [0.1, 0.15) is 0 Å². The van der Waals surface area contributed by atoms with Gasteiger partial charge in [0.2, 0.25) is 5.91 Å². The van der Waals surface area contributed by atoms with E-state index in [0.717, 1.165) is 27.6 Å². The summed E-state index contributed by atoms with van der Waals surface area (Å²) in [5.74, 6) is -0.126. The van der Waals surface area contributed by atoms with Crippen LogP contribution in [0.4, 0.5) is 0 Å². The van der Waals surface area contributed by atoms with E-state index in [9.17, 15) is 4.79 Å². The molecule has 0 unspecified atom stereocenters. The quantitative estimate of drug-likeness (QED) is 0.371. The number of hydrogen-bond donors (Lipinski definition) is 1. The first-order chi connectivity index (χ1) is 13.2. The first-order valence-electron chi connectivity index (χ1n) is 8.92. The summed E-state index contributed by atoms with van der Waals surface area (Å²) in [7, 11) is 0. The SMILES string of the molecule is CC(/C=C/C=C/c1ccccc1)=N\NC(=O)Cc1cccc2ccccc12. The number of benzene rings is 3. The summed E-state index contributed by atoms with van der Waals surface area (Å²) in [6, 6.07) is 24.1. The molecule has 1 amide bonds. The smallest absolute Gasteiger partial charge is 0.244 e. The van der Waals surface area contributed by atoms with Gasteiger partial charge in [0.25, 0.3) is 0 Å². The molecule has 0 aliphatic rings. The molecule has 0 saturated carbocycles. The minimum absolute atomic E-state index is 0.126. The second-order valence-corrected chi connectivity index (χ2v) is 6.23. The van der Waals surface area contributed by atoms with Crippen molar-refractivity contribution in [3.63, 3.8) is 0 Å². The van der Waals surface area contributed by atoms with E-state index in [-0.39, 0.29) is 5.91 Å². The predicted molar refractivity (Wildman–Crippen MR) is 114 cm³/mol. The van der Waals surface area contributed by atoms with Crippen molar-refractivity contribution in [2.45, 2.75) is 13.3 Å². The van der Waals surface area contributed by atoms with Crippen LogP contribution in [0.1, 0.15) is 18.1 Å². The zero-order valence-corrected chi connectivity index (χ0v) is 15.3. The molecule has 0 aromatic heterocycles. The highest BCUT2D eigenvalue weighted by Gasteiger charge is 2.05. The third kappa shape index (κ3) is 5.51. The topological polar surface area (TPSA) is 41.5 Å². The van der Waals surface area contributed by atoms with Crippen molar-refractivity contribution in [3.8, 4) is 0 Å². The van der Waals surface area contributed by atoms with Crippen LogP contribution in [0.15, 0.2) is 96.1 Å². The summed E-state index contributed by atoms with van der Waals surface area (Å²) >= 11 is 0. The minimum atomic E-state index is -0.126. The van der Waals surface area contributed by atoms with Crippen LogP contribution in [-0.4, -0.2) is 11.6 Å². The van der Waals surface area contributed by atoms with E-state index in [4.69, 9.17) is 0 Å². The Kier molecular flexibility index (Phi) is 6.31. The number of hydrazone groups is 1. The van der Waals surface area contributed by atoms with E-state index < -0.39 is 0 Å². The van der Waals surface area contributed by atoms with Crippen molar-refractivity contribution in [3.05, 3.63) is 102 Å². The Morgan fingerprint density at radius 1 is 0.926 bits per heavy atom. The Morgan fingerprint density at radius 3 is 2.52 bits per heavy atom. The highest BCUT2D eigenvalue weighted by molar-refractivity contribution is 5.94. The largest absolute Gasteiger partial charge is 0.273 e. The van der Waals surface area contributed by atoms with Crippen LogP contribution in [-0.2, 0) is 11.2 Å². The standard InChI is InChI=1S/C24H22N2O/c1-19(10-5-6-13-20-11-3-2-4-12-20)25-26-24(27)18-22-16-9-15-21-14-7-8-17-23(21)22/h2-17H,18H2,1H3,(H,26,27)/b10-5+,13-6+,25-19+. The molecule has 3 heteroatoms. The molecule has 0 spiro atoms. The second-order valence-electron chi connectivity index (χ2n) is 6.23. The fraction of sp³-hybridized carbons (Fsp3) is 0.0833. The maximum Gasteiger partial charge on any atom is 0.244 e. The fourth-order valence-electron chi connectivity index (χ4n) is 2.77. The molecule has 0 atom stereocenters. The van der Waals surface area contributed by atoms with Crippen molar-refractivity contribution in [1.82, 2.24) is 5.43 Å². The van der Waals surface area contributed by atoms with Crippen LogP contribution in [0.3, 0.4) is 0 Å². The number of carbonyl (C=O) groups excluding carboxylic acids is 1. The number of allylic oxidation sites excluding steroid dienone is 3. The molecule has 1 N–H and O–H groups in total. The summed E-state index contributed by atoms with van der Waals surface area (Å²) in [6.07, 6.45) is 8.03. The molecular formula is C24H22N2O. The molecule has 0 radical (unpaired) electrons. The molecule has 0 fully saturated rings. The molecule has 27 heavy (non-hydrogen) atoms. The normalized spacial score (nSPS) is 12.1. The van der Waals surface area contributed by atoms with Crippen molar-refractivity contribution < 1.29 is 4.79 Å². The van der Waals surface area contributed by atoms with Crippen LogP contribution in [0.25, 0.3) is 16.8 Å². The molecular weight excluding hydrogens is 332 g/mol. The highest BCUT2D eigenvalue weighted by Crippen LogP contribution is 2.18. The Bertz CT molecular complexity index is 996. The summed E-state index contributed by atoms with van der Waals surface area (Å²) in [5, 5.41) is 6.37. The summed E-state index contributed by atoms with van der Waals surface area (Å²) in [6.45, 7) is 1.85. The summed E-state index contributed by atoms with van der Waals surface area (Å²) in [5.41, 5.74) is 5.50. The zero-order chi connectivity index (χ0) is 18.9. The van der Waals surface area contributed by atoms with Gasteiger partial charge < -0.3 is 0 Å². The first-order valence-corrected chi connectivity index (χ1v) is 8.92. The zero-order valence-electron chi connectivity index (χ0n) is 15.3. The maximum absolute atomic E-state index is 12.2. The average Bonchev–Trinajstić information content (AvgIpc) is 2.71. The van der Waals surface area contributed by atoms with Gasteiger partial charge in [0, 0.05) is 0 Å². The molecule has 3 aromatic rings. The van der Waals surface area contributed by atoms with Gasteiger partial charge in [0.05, 0.1) is 12.1 Å². The molecule has 3 aromatic carbocycles. The lowest BCUT2D eigenvalue weighted by Gasteiger charge is -2.05. The average molecular weight is 354 g/mol. The van der Waals surface area contributed by atoms with Gasteiger partial charge in [-0.25, -0.2) is 5.43 Å². The lowest BCUT2D eigenvalue weighted by molar-refractivity contribution is -0.120. The Morgan fingerprint density at radius 2 is 1.67 bits per heavy atom. The van der Waals surface area contributed by atoms with Gasteiger partial charge in [-0.1, -0.05) is 91.0 Å². The number of rotatable bonds is 6. The van der Waals surface area contributed by atoms with Gasteiger partial charge in [0.15, 0.2) is 0 Å². The Hall–Kier alpha value is -3.46. The van der Waals surface area contributed by atoms with Crippen molar-refractivity contribution >= 4 is 28.5 Å². The van der Waals surface area contributed by atoms with Crippen LogP contribution < -0.4 is 5.43 Å². The Labute approximate surface area is 159 Å². The van der Waals surface area contributed by atoms with E-state index in [1.165, 1.54) is 0 Å². The lowest BCUT2D eigenvalue weighted by atomic mass is 10.0. The third-order valence-electron chi connectivity index (χ3n) is 4.12. The molecule has 0 bridgehead atoms. The van der Waals surface area contributed by atoms with Gasteiger partial charge in [-0.15, -0.1) is 0 Å². The van der Waals surface area contributed by atoms with Crippen molar-refractivity contribution in [2.75, 3.05) is 0 Å². The molecule has 134 valence electrons. The number of nitrogens with zero attached hydrogens (tertiary/aromatic N) is 1. The Balaban J connectivity index is 1.56. The van der Waals surface area contributed by atoms with Gasteiger partial charge >= 0.3 is 0 Å². The van der Waals surface area contributed by atoms with E-state index >= 15 is 0 Å². The van der Waals surface area contributed by atoms with Gasteiger partial charge in [-0.2, -0.15) is 5.10 Å². The van der Waals surface area contributed by atoms with Crippen LogP contribution >= 0.6 is 0 Å². The van der Waals surface area contributed by atoms with Crippen molar-refractivity contribution in [1.29, 1.82) is 0 Å². The molecule has 0 aliphatic heterocycles. The van der Waals surface area contributed by atoms with Crippen LogP contribution in [0.5, 0.6) is 0 Å². The summed E-state index contributed by atoms with van der Waals surface area (Å²) in [4.78, 5) is 12.2. The number of fused-ring (bicyclic) bond motifs is 1. The molecule has 0 heterocycles. The second kappa shape index (κ2) is 9.30. The molecule has 0 saturated heterocycles. The van der Waals surface area contributed by atoms with Crippen LogP contribution in [0.2, 0.25) is 0 Å². The number of nitrogens with one attached hydrogen (secondary N) is 1. The molecule has 3 rings (SSSR count). The summed E-state index contributed by atoms with van der Waals surface area (Å²) < 4.78 is 0. The number of amides is 1. The third-order valence-corrected chi connectivity index (χ3v) is 4.12. The number of carbonyl (C=O) groups is 1. The van der Waals surface area contributed by atoms with Crippen molar-refractivity contribution in [2.24, 2.45) is 5.10 Å². The maximum atomic E-state index is 12.2. The van der Waals surface area contributed by atoms with Crippen LogP contribution in [0, 0.1) is 0 Å². The fourth-order valence-corrected chi connectivity index (χ4v) is 2.77. The van der Waals surface area contributed by atoms with E-state index in [0.29, 0.717) is 6.42 Å².